The summed E-state index contributed by atoms with van der Waals surface area (Å²) in [6, 6.07) is 3.88. The van der Waals surface area contributed by atoms with Gasteiger partial charge in [-0.3, -0.25) is 9.78 Å². The monoisotopic (exact) mass is 381 g/mol. The van der Waals surface area contributed by atoms with Crippen LogP contribution in [0.3, 0.4) is 0 Å². The van der Waals surface area contributed by atoms with Gasteiger partial charge in [0.15, 0.2) is 5.82 Å². The highest BCUT2D eigenvalue weighted by atomic mass is 16.5. The normalized spacial score (nSPS) is 16.6. The maximum Gasteiger partial charge on any atom is 0.258 e. The van der Waals surface area contributed by atoms with E-state index in [1.165, 1.54) is 0 Å². The van der Waals surface area contributed by atoms with E-state index in [0.29, 0.717) is 24.6 Å². The maximum atomic E-state index is 12.8. The number of likely N-dealkylation sites (tertiary alicyclic amines) is 1. The maximum absolute atomic E-state index is 12.8. The van der Waals surface area contributed by atoms with Crippen LogP contribution in [0, 0.1) is 13.8 Å². The minimum atomic E-state index is 0.127. The molecule has 0 N–H and O–H groups in total. The van der Waals surface area contributed by atoms with Crippen molar-refractivity contribution in [1.29, 1.82) is 0 Å². The van der Waals surface area contributed by atoms with Crippen LogP contribution < -0.4 is 0 Å². The third-order valence-electron chi connectivity index (χ3n) is 5.30. The van der Waals surface area contributed by atoms with Gasteiger partial charge in [-0.1, -0.05) is 10.3 Å². The van der Waals surface area contributed by atoms with Gasteiger partial charge in [0.05, 0.1) is 12.1 Å². The minimum absolute atomic E-state index is 0.127. The Kier molecular flexibility index (Phi) is 5.18. The van der Waals surface area contributed by atoms with Crippen LogP contribution in [-0.2, 0) is 17.6 Å². The highest BCUT2D eigenvalue weighted by Crippen LogP contribution is 2.24. The van der Waals surface area contributed by atoms with Crippen LogP contribution in [0.5, 0.6) is 0 Å². The Hall–Kier alpha value is -3.03. The molecule has 3 aromatic rings. The van der Waals surface area contributed by atoms with Crippen molar-refractivity contribution in [1.82, 2.24) is 25.2 Å². The molecule has 0 spiro atoms. The van der Waals surface area contributed by atoms with Gasteiger partial charge in [-0.05, 0) is 45.2 Å². The minimum Gasteiger partial charge on any atom is -0.361 e. The highest BCUT2D eigenvalue weighted by molar-refractivity contribution is 5.79. The molecule has 8 heteroatoms. The summed E-state index contributed by atoms with van der Waals surface area (Å²) in [5.74, 6) is 2.01. The molecule has 0 bridgehead atoms. The zero-order valence-electron chi connectivity index (χ0n) is 16.1. The molecule has 3 aromatic heterocycles. The molecule has 1 fully saturated rings. The molecule has 1 aliphatic rings. The van der Waals surface area contributed by atoms with Crippen LogP contribution in [0.25, 0.3) is 11.5 Å². The summed E-state index contributed by atoms with van der Waals surface area (Å²) in [4.78, 5) is 23.3. The van der Waals surface area contributed by atoms with Crippen molar-refractivity contribution in [3.05, 3.63) is 47.4 Å². The lowest BCUT2D eigenvalue weighted by Gasteiger charge is -2.24. The molecule has 0 radical (unpaired) electrons. The zero-order valence-corrected chi connectivity index (χ0v) is 16.1. The van der Waals surface area contributed by atoms with Crippen molar-refractivity contribution in [2.75, 3.05) is 6.54 Å². The highest BCUT2D eigenvalue weighted by Gasteiger charge is 2.29. The average Bonchev–Trinajstić information content (AvgIpc) is 3.44. The van der Waals surface area contributed by atoms with Crippen molar-refractivity contribution in [3.63, 3.8) is 0 Å². The molecule has 1 aliphatic heterocycles. The number of amides is 1. The lowest BCUT2D eigenvalue weighted by molar-refractivity contribution is -0.131. The smallest absolute Gasteiger partial charge is 0.258 e. The molecule has 4 heterocycles. The predicted molar refractivity (Wildman–Crippen MR) is 100 cm³/mol. The van der Waals surface area contributed by atoms with Gasteiger partial charge < -0.3 is 13.9 Å². The van der Waals surface area contributed by atoms with E-state index in [4.69, 9.17) is 9.05 Å². The fourth-order valence-corrected chi connectivity index (χ4v) is 3.73. The van der Waals surface area contributed by atoms with E-state index in [1.54, 1.807) is 12.4 Å². The number of hydrogen-bond donors (Lipinski definition) is 0. The zero-order chi connectivity index (χ0) is 19.5. The number of aryl methyl sites for hydroxylation is 3. The van der Waals surface area contributed by atoms with E-state index in [1.807, 2.05) is 30.9 Å². The Morgan fingerprint density at radius 2 is 2.04 bits per heavy atom. The van der Waals surface area contributed by atoms with E-state index < -0.39 is 0 Å². The van der Waals surface area contributed by atoms with E-state index in [0.717, 1.165) is 48.4 Å². The van der Waals surface area contributed by atoms with Crippen LogP contribution in [0.2, 0.25) is 0 Å². The van der Waals surface area contributed by atoms with Gasteiger partial charge in [0.25, 0.3) is 5.89 Å². The third kappa shape index (κ3) is 3.81. The fourth-order valence-electron chi connectivity index (χ4n) is 3.73. The van der Waals surface area contributed by atoms with E-state index in [9.17, 15) is 4.79 Å². The van der Waals surface area contributed by atoms with Crippen molar-refractivity contribution in [2.24, 2.45) is 0 Å². The standard InChI is InChI=1S/C20H23N5O3/c1-13-17(14(2)27-23-13)12-19(26)25-11-3-4-16(25)5-6-18-22-20(28-24-18)15-7-9-21-10-8-15/h7-10,16H,3-6,11-12H2,1-2H3. The first-order chi connectivity index (χ1) is 13.6. The Morgan fingerprint density at radius 3 is 2.79 bits per heavy atom. The number of aromatic nitrogens is 4. The van der Waals surface area contributed by atoms with E-state index in [2.05, 4.69) is 20.3 Å². The van der Waals surface area contributed by atoms with Gasteiger partial charge in [-0.15, -0.1) is 0 Å². The second-order valence-corrected chi connectivity index (χ2v) is 7.15. The molecule has 0 saturated carbocycles. The van der Waals surface area contributed by atoms with Crippen LogP contribution in [0.4, 0.5) is 0 Å². The van der Waals surface area contributed by atoms with Crippen molar-refractivity contribution in [2.45, 2.75) is 52.0 Å². The van der Waals surface area contributed by atoms with Crippen LogP contribution in [0.1, 0.15) is 42.1 Å². The molecule has 1 atom stereocenters. The van der Waals surface area contributed by atoms with Gasteiger partial charge in [-0.2, -0.15) is 4.98 Å². The first-order valence-electron chi connectivity index (χ1n) is 9.56. The summed E-state index contributed by atoms with van der Waals surface area (Å²) in [7, 11) is 0. The molecular weight excluding hydrogens is 358 g/mol. The Bertz CT molecular complexity index is 930. The molecule has 1 unspecified atom stereocenters. The topological polar surface area (TPSA) is 98.2 Å². The SMILES string of the molecule is Cc1noc(C)c1CC(=O)N1CCCC1CCc1noc(-c2ccncc2)n1. The van der Waals surface area contributed by atoms with Gasteiger partial charge in [0, 0.05) is 42.5 Å². The molecule has 4 rings (SSSR count). The van der Waals surface area contributed by atoms with Crippen LogP contribution >= 0.6 is 0 Å². The number of nitrogens with zero attached hydrogens (tertiary/aromatic N) is 5. The molecule has 0 aromatic carbocycles. The molecule has 8 nitrogen and oxygen atoms in total. The summed E-state index contributed by atoms with van der Waals surface area (Å²) >= 11 is 0. The second kappa shape index (κ2) is 7.92. The Morgan fingerprint density at radius 1 is 1.21 bits per heavy atom. The first kappa shape index (κ1) is 18.3. The number of rotatable bonds is 6. The fraction of sp³-hybridized carbons (Fsp3) is 0.450. The summed E-state index contributed by atoms with van der Waals surface area (Å²) in [6.45, 7) is 4.51. The largest absolute Gasteiger partial charge is 0.361 e. The van der Waals surface area contributed by atoms with E-state index >= 15 is 0 Å². The summed E-state index contributed by atoms with van der Waals surface area (Å²) < 4.78 is 10.5. The molecule has 28 heavy (non-hydrogen) atoms. The molecular formula is C20H23N5O3. The van der Waals surface area contributed by atoms with E-state index in [-0.39, 0.29) is 11.9 Å². The number of hydrogen-bond acceptors (Lipinski definition) is 7. The van der Waals surface area contributed by atoms with Crippen molar-refractivity contribution >= 4 is 5.91 Å². The van der Waals surface area contributed by atoms with Crippen molar-refractivity contribution < 1.29 is 13.8 Å². The Labute approximate surface area is 162 Å². The Balaban J connectivity index is 1.37. The average molecular weight is 381 g/mol. The van der Waals surface area contributed by atoms with Crippen LogP contribution in [-0.4, -0.2) is 43.7 Å². The number of carbonyl (C=O) groups is 1. The molecule has 146 valence electrons. The summed E-state index contributed by atoms with van der Waals surface area (Å²) in [5, 5.41) is 8.02. The van der Waals surface area contributed by atoms with Gasteiger partial charge in [0.1, 0.15) is 5.76 Å². The van der Waals surface area contributed by atoms with Crippen LogP contribution in [0.15, 0.2) is 33.6 Å². The van der Waals surface area contributed by atoms with Gasteiger partial charge >= 0.3 is 0 Å². The lowest BCUT2D eigenvalue weighted by Crippen LogP contribution is -2.37. The number of pyridine rings is 1. The summed E-state index contributed by atoms with van der Waals surface area (Å²) in [6.07, 6.45) is 7.25. The predicted octanol–water partition coefficient (Wildman–Crippen LogP) is 2.90. The lowest BCUT2D eigenvalue weighted by atomic mass is 10.1. The second-order valence-electron chi connectivity index (χ2n) is 7.15. The van der Waals surface area contributed by atoms with Gasteiger partial charge in [-0.25, -0.2) is 0 Å². The quantitative estimate of drug-likeness (QED) is 0.647. The van der Waals surface area contributed by atoms with Gasteiger partial charge in [0.2, 0.25) is 5.91 Å². The third-order valence-corrected chi connectivity index (χ3v) is 5.30. The molecule has 1 amide bonds. The molecule has 1 saturated heterocycles. The van der Waals surface area contributed by atoms with Crippen molar-refractivity contribution in [3.8, 4) is 11.5 Å². The molecule has 0 aliphatic carbocycles. The number of carbonyl (C=O) groups excluding carboxylic acids is 1. The summed E-state index contributed by atoms with van der Waals surface area (Å²) in [5.41, 5.74) is 2.54. The first-order valence-corrected chi connectivity index (χ1v) is 9.56.